The summed E-state index contributed by atoms with van der Waals surface area (Å²) in [6.45, 7) is 0. The van der Waals surface area contributed by atoms with Gasteiger partial charge in [0.25, 0.3) is 0 Å². The molecular weight excluding hydrogens is 384 g/mol. The number of aromatic carboxylic acids is 2. The maximum absolute atomic E-state index is 11.0. The molecule has 0 aromatic heterocycles. The average Bonchev–Trinajstić information content (AvgIpc) is 2.70. The number of aryl methyl sites for hydroxylation is 4. The lowest BCUT2D eigenvalue weighted by atomic mass is 9.98. The van der Waals surface area contributed by atoms with E-state index in [9.17, 15) is 19.8 Å². The van der Waals surface area contributed by atoms with Crippen molar-refractivity contribution >= 4 is 11.9 Å². The third kappa shape index (κ3) is 5.17. The van der Waals surface area contributed by atoms with E-state index in [2.05, 4.69) is 6.07 Å². The summed E-state index contributed by atoms with van der Waals surface area (Å²) in [6.07, 6.45) is 2.82. The minimum Gasteiger partial charge on any atom is -0.507 e. The molecule has 3 aromatic rings. The highest BCUT2D eigenvalue weighted by Crippen LogP contribution is 2.22. The average molecular weight is 406 g/mol. The van der Waals surface area contributed by atoms with E-state index in [0.29, 0.717) is 12.8 Å². The van der Waals surface area contributed by atoms with Crippen molar-refractivity contribution in [3.63, 3.8) is 0 Å². The predicted molar refractivity (Wildman–Crippen MR) is 111 cm³/mol. The molecule has 6 heteroatoms. The molecule has 154 valence electrons. The third-order valence-corrected chi connectivity index (χ3v) is 4.98. The summed E-state index contributed by atoms with van der Waals surface area (Å²) >= 11 is 0. The molecule has 0 amide bonds. The fraction of sp³-hybridized carbons (Fsp3) is 0.167. The molecule has 0 atom stereocenters. The predicted octanol–water partition coefficient (Wildman–Crippen LogP) is 4.06. The molecule has 3 aromatic carbocycles. The molecule has 3 rings (SSSR count). The molecule has 30 heavy (non-hydrogen) atoms. The van der Waals surface area contributed by atoms with E-state index in [1.54, 1.807) is 12.1 Å². The fourth-order valence-corrected chi connectivity index (χ4v) is 3.35. The molecule has 0 aliphatic rings. The lowest BCUT2D eigenvalue weighted by molar-refractivity contribution is 0.0682. The van der Waals surface area contributed by atoms with Crippen molar-refractivity contribution in [3.8, 4) is 11.5 Å². The molecule has 0 spiro atoms. The maximum Gasteiger partial charge on any atom is 0.339 e. The third-order valence-electron chi connectivity index (χ3n) is 4.98. The Labute approximate surface area is 173 Å². The Kier molecular flexibility index (Phi) is 6.37. The van der Waals surface area contributed by atoms with E-state index in [1.807, 2.05) is 18.2 Å². The molecule has 4 N–H and O–H groups in total. The molecule has 0 aliphatic carbocycles. The Morgan fingerprint density at radius 3 is 1.27 bits per heavy atom. The van der Waals surface area contributed by atoms with E-state index in [-0.39, 0.29) is 22.6 Å². The van der Waals surface area contributed by atoms with Gasteiger partial charge in [-0.15, -0.1) is 0 Å². The molecular formula is C24H22O6. The Hall–Kier alpha value is -3.80. The van der Waals surface area contributed by atoms with Crippen LogP contribution in [0.1, 0.15) is 43.0 Å². The van der Waals surface area contributed by atoms with Crippen molar-refractivity contribution in [1.82, 2.24) is 0 Å². The van der Waals surface area contributed by atoms with E-state index in [1.165, 1.54) is 24.3 Å². The molecule has 0 bridgehead atoms. The Morgan fingerprint density at radius 1 is 0.567 bits per heavy atom. The second-order valence-electron chi connectivity index (χ2n) is 7.13. The number of phenols is 2. The Bertz CT molecular complexity index is 1000. The van der Waals surface area contributed by atoms with Gasteiger partial charge >= 0.3 is 11.9 Å². The topological polar surface area (TPSA) is 115 Å². The molecule has 6 nitrogen and oxygen atoms in total. The van der Waals surface area contributed by atoms with Gasteiger partial charge in [0.2, 0.25) is 0 Å². The minimum atomic E-state index is -1.15. The van der Waals surface area contributed by atoms with E-state index in [4.69, 9.17) is 10.2 Å². The van der Waals surface area contributed by atoms with E-state index >= 15 is 0 Å². The van der Waals surface area contributed by atoms with Crippen LogP contribution in [0, 0.1) is 0 Å². The zero-order valence-corrected chi connectivity index (χ0v) is 16.2. The number of carboxylic acid groups (broad SMARTS) is 2. The number of hydrogen-bond acceptors (Lipinski definition) is 4. The lowest BCUT2D eigenvalue weighted by Gasteiger charge is -2.08. The summed E-state index contributed by atoms with van der Waals surface area (Å²) in [5.41, 5.74) is 3.75. The van der Waals surface area contributed by atoms with E-state index in [0.717, 1.165) is 35.1 Å². The zero-order valence-electron chi connectivity index (χ0n) is 16.2. The molecule has 0 saturated carbocycles. The molecule has 0 unspecified atom stereocenters. The van der Waals surface area contributed by atoms with Crippen LogP contribution in [-0.4, -0.2) is 32.4 Å². The number of aromatic hydroxyl groups is 2. The number of carboxylic acids is 2. The molecule has 0 heterocycles. The van der Waals surface area contributed by atoms with Crippen LogP contribution >= 0.6 is 0 Å². The number of carbonyl (C=O) groups is 2. The largest absolute Gasteiger partial charge is 0.507 e. The monoisotopic (exact) mass is 406 g/mol. The maximum atomic E-state index is 11.0. The molecule has 0 aliphatic heterocycles. The zero-order chi connectivity index (χ0) is 21.7. The first kappa shape index (κ1) is 20.9. The van der Waals surface area contributed by atoms with Crippen LogP contribution in [-0.2, 0) is 25.7 Å². The summed E-state index contributed by atoms with van der Waals surface area (Å²) in [5, 5.41) is 37.6. The highest BCUT2D eigenvalue weighted by atomic mass is 16.4. The van der Waals surface area contributed by atoms with Crippen molar-refractivity contribution in [3.05, 3.63) is 94.0 Å². The van der Waals surface area contributed by atoms with Gasteiger partial charge in [-0.3, -0.25) is 0 Å². The second kappa shape index (κ2) is 9.13. The highest BCUT2D eigenvalue weighted by molar-refractivity contribution is 5.91. The minimum absolute atomic E-state index is 0.108. The van der Waals surface area contributed by atoms with Crippen molar-refractivity contribution in [2.24, 2.45) is 0 Å². The van der Waals surface area contributed by atoms with Gasteiger partial charge in [0, 0.05) is 0 Å². The van der Waals surface area contributed by atoms with E-state index < -0.39 is 11.9 Å². The summed E-state index contributed by atoms with van der Waals surface area (Å²) in [6, 6.07) is 17.3. The summed E-state index contributed by atoms with van der Waals surface area (Å²) in [7, 11) is 0. The summed E-state index contributed by atoms with van der Waals surface area (Å²) in [5.74, 6) is -2.77. The van der Waals surface area contributed by atoms with Crippen molar-refractivity contribution in [2.45, 2.75) is 25.7 Å². The van der Waals surface area contributed by atoms with Crippen molar-refractivity contribution < 1.29 is 30.0 Å². The van der Waals surface area contributed by atoms with Gasteiger partial charge in [0.05, 0.1) is 0 Å². The first-order valence-electron chi connectivity index (χ1n) is 9.51. The van der Waals surface area contributed by atoms with Crippen LogP contribution < -0.4 is 0 Å². The first-order chi connectivity index (χ1) is 14.3. The Morgan fingerprint density at radius 2 is 0.933 bits per heavy atom. The highest BCUT2D eigenvalue weighted by Gasteiger charge is 2.11. The van der Waals surface area contributed by atoms with Gasteiger partial charge in [0.15, 0.2) is 0 Å². The van der Waals surface area contributed by atoms with Gasteiger partial charge in [0.1, 0.15) is 22.6 Å². The van der Waals surface area contributed by atoms with Crippen molar-refractivity contribution in [2.75, 3.05) is 0 Å². The lowest BCUT2D eigenvalue weighted by Crippen LogP contribution is -1.99. The molecule has 0 fully saturated rings. The number of benzene rings is 3. The molecule has 0 saturated heterocycles. The van der Waals surface area contributed by atoms with Crippen LogP contribution in [0.5, 0.6) is 11.5 Å². The van der Waals surface area contributed by atoms with Crippen LogP contribution in [0.25, 0.3) is 0 Å². The quantitative estimate of drug-likeness (QED) is 0.448. The first-order valence-corrected chi connectivity index (χ1v) is 9.51. The second-order valence-corrected chi connectivity index (χ2v) is 7.13. The summed E-state index contributed by atoms with van der Waals surface area (Å²) < 4.78 is 0. The Balaban J connectivity index is 1.61. The smallest absolute Gasteiger partial charge is 0.339 e. The van der Waals surface area contributed by atoms with Gasteiger partial charge in [-0.25, -0.2) is 9.59 Å². The number of rotatable bonds is 8. The standard InChI is InChI=1S/C24H22O6/c25-21-13-17(8-10-19(21)23(27)28)6-4-15-2-1-3-16(12-15)5-7-18-9-11-20(24(29)30)22(26)14-18/h1-3,8-14,25-26H,4-7H2,(H,27,28)(H,29,30). The van der Waals surface area contributed by atoms with Gasteiger partial charge < -0.3 is 20.4 Å². The van der Waals surface area contributed by atoms with Gasteiger partial charge in [-0.1, -0.05) is 36.4 Å². The van der Waals surface area contributed by atoms with Crippen molar-refractivity contribution in [1.29, 1.82) is 0 Å². The van der Waals surface area contributed by atoms with Crippen LogP contribution in [0.4, 0.5) is 0 Å². The SMILES string of the molecule is O=C(O)c1ccc(CCc2cccc(CCc3ccc(C(=O)O)c(O)c3)c2)cc1O. The van der Waals surface area contributed by atoms with Crippen LogP contribution in [0.2, 0.25) is 0 Å². The summed E-state index contributed by atoms with van der Waals surface area (Å²) in [4.78, 5) is 22.0. The van der Waals surface area contributed by atoms with Gasteiger partial charge in [-0.05, 0) is 72.2 Å². The van der Waals surface area contributed by atoms with Crippen LogP contribution in [0.15, 0.2) is 60.7 Å². The van der Waals surface area contributed by atoms with Gasteiger partial charge in [-0.2, -0.15) is 0 Å². The fourth-order valence-electron chi connectivity index (χ4n) is 3.35. The number of hydrogen-bond donors (Lipinski definition) is 4. The molecule has 0 radical (unpaired) electrons. The normalized spacial score (nSPS) is 10.7. The van der Waals surface area contributed by atoms with Crippen LogP contribution in [0.3, 0.4) is 0 Å².